The molecular weight excluding hydrogens is 301 g/mol. The molecule has 2 aromatic heterocycles. The lowest BCUT2D eigenvalue weighted by Crippen LogP contribution is -2.21. The fourth-order valence-corrected chi connectivity index (χ4v) is 3.36. The van der Waals surface area contributed by atoms with Gasteiger partial charge in [0.25, 0.3) is 5.91 Å². The normalized spacial score (nSPS) is 11.0. The summed E-state index contributed by atoms with van der Waals surface area (Å²) in [6, 6.07) is 8.29. The van der Waals surface area contributed by atoms with Gasteiger partial charge in [-0.1, -0.05) is 6.92 Å². The summed E-state index contributed by atoms with van der Waals surface area (Å²) >= 11 is 1.40. The molecule has 0 spiro atoms. The van der Waals surface area contributed by atoms with Crippen molar-refractivity contribution < 1.29 is 9.18 Å². The van der Waals surface area contributed by atoms with Crippen molar-refractivity contribution in [2.45, 2.75) is 20.3 Å². The van der Waals surface area contributed by atoms with E-state index >= 15 is 0 Å². The van der Waals surface area contributed by atoms with Gasteiger partial charge in [-0.2, -0.15) is 0 Å². The molecule has 0 bridgehead atoms. The van der Waals surface area contributed by atoms with Gasteiger partial charge in [-0.3, -0.25) is 9.36 Å². The molecule has 3 rings (SSSR count). The average Bonchev–Trinajstić information content (AvgIpc) is 3.10. The van der Waals surface area contributed by atoms with Crippen molar-refractivity contribution in [2.24, 2.45) is 0 Å². The van der Waals surface area contributed by atoms with Crippen molar-refractivity contribution in [3.8, 4) is 5.00 Å². The van der Waals surface area contributed by atoms with Crippen LogP contribution in [0.1, 0.15) is 29.3 Å². The number of carbonyl (C=O) groups excluding carboxylic acids is 1. The number of rotatable bonds is 4. The lowest BCUT2D eigenvalue weighted by Gasteiger charge is -2.04. The molecule has 0 unspecified atom stereocenters. The zero-order valence-corrected chi connectivity index (χ0v) is 13.2. The molecular formula is C16H16FN3OS. The van der Waals surface area contributed by atoms with Gasteiger partial charge >= 0.3 is 0 Å². The van der Waals surface area contributed by atoms with Crippen LogP contribution in [0.25, 0.3) is 16.0 Å². The van der Waals surface area contributed by atoms with Gasteiger partial charge < -0.3 is 5.32 Å². The highest BCUT2D eigenvalue weighted by molar-refractivity contribution is 7.16. The zero-order chi connectivity index (χ0) is 15.7. The first kappa shape index (κ1) is 14.7. The van der Waals surface area contributed by atoms with Crippen molar-refractivity contribution in [3.05, 3.63) is 46.9 Å². The molecule has 2 heterocycles. The summed E-state index contributed by atoms with van der Waals surface area (Å²) in [5.74, 6) is 0.478. The lowest BCUT2D eigenvalue weighted by atomic mass is 10.3. The van der Waals surface area contributed by atoms with E-state index in [1.807, 2.05) is 24.5 Å². The summed E-state index contributed by atoms with van der Waals surface area (Å²) < 4.78 is 15.4. The summed E-state index contributed by atoms with van der Waals surface area (Å²) in [6.45, 7) is 4.49. The number of aryl methyl sites for hydroxylation is 1. The topological polar surface area (TPSA) is 46.9 Å². The first-order valence-corrected chi connectivity index (χ1v) is 8.01. The van der Waals surface area contributed by atoms with E-state index in [-0.39, 0.29) is 11.7 Å². The SMILES string of the molecule is CCNC(=O)c1ccc(-n2c(CC)nc3cc(F)ccc32)s1. The number of halogens is 1. The molecule has 0 atom stereocenters. The first-order valence-electron chi connectivity index (χ1n) is 7.19. The molecule has 6 heteroatoms. The number of aromatic nitrogens is 2. The number of amides is 1. The quantitative estimate of drug-likeness (QED) is 0.800. The fourth-order valence-electron chi connectivity index (χ4n) is 2.40. The van der Waals surface area contributed by atoms with Crippen LogP contribution in [0.15, 0.2) is 30.3 Å². The Kier molecular flexibility index (Phi) is 3.94. The van der Waals surface area contributed by atoms with E-state index in [2.05, 4.69) is 10.3 Å². The van der Waals surface area contributed by atoms with Crippen LogP contribution in [-0.4, -0.2) is 22.0 Å². The van der Waals surface area contributed by atoms with E-state index in [4.69, 9.17) is 0 Å². The standard InChI is InChI=1S/C16H16FN3OS/c1-3-14-19-11-9-10(17)5-6-12(11)20(14)15-8-7-13(22-15)16(21)18-4-2/h5-9H,3-4H2,1-2H3,(H,18,21). The van der Waals surface area contributed by atoms with Crippen molar-refractivity contribution >= 4 is 28.3 Å². The predicted molar refractivity (Wildman–Crippen MR) is 86.3 cm³/mol. The Morgan fingerprint density at radius 1 is 1.32 bits per heavy atom. The van der Waals surface area contributed by atoms with Crippen LogP contribution >= 0.6 is 11.3 Å². The highest BCUT2D eigenvalue weighted by Gasteiger charge is 2.15. The van der Waals surface area contributed by atoms with Crippen LogP contribution < -0.4 is 5.32 Å². The molecule has 1 N–H and O–H groups in total. The Hall–Kier alpha value is -2.21. The maximum Gasteiger partial charge on any atom is 0.261 e. The van der Waals surface area contributed by atoms with Gasteiger partial charge in [0.1, 0.15) is 16.6 Å². The van der Waals surface area contributed by atoms with E-state index < -0.39 is 0 Å². The van der Waals surface area contributed by atoms with Crippen molar-refractivity contribution in [1.82, 2.24) is 14.9 Å². The molecule has 1 amide bonds. The molecule has 0 aliphatic heterocycles. The number of nitrogens with zero attached hydrogens (tertiary/aromatic N) is 2. The predicted octanol–water partition coefficient (Wildman–Crippen LogP) is 3.54. The number of fused-ring (bicyclic) bond motifs is 1. The Morgan fingerprint density at radius 3 is 2.86 bits per heavy atom. The number of thiophene rings is 1. The second-order valence-electron chi connectivity index (χ2n) is 4.85. The molecule has 4 nitrogen and oxygen atoms in total. The van der Waals surface area contributed by atoms with Crippen LogP contribution in [0.4, 0.5) is 4.39 Å². The largest absolute Gasteiger partial charge is 0.352 e. The van der Waals surface area contributed by atoms with Gasteiger partial charge in [-0.05, 0) is 31.2 Å². The van der Waals surface area contributed by atoms with E-state index in [9.17, 15) is 9.18 Å². The Labute approximate surface area is 131 Å². The number of hydrogen-bond donors (Lipinski definition) is 1. The highest BCUT2D eigenvalue weighted by atomic mass is 32.1. The summed E-state index contributed by atoms with van der Waals surface area (Å²) in [7, 11) is 0. The first-order chi connectivity index (χ1) is 10.6. The third-order valence-electron chi connectivity index (χ3n) is 3.38. The van der Waals surface area contributed by atoms with Crippen LogP contribution in [0, 0.1) is 5.82 Å². The molecule has 0 radical (unpaired) electrons. The number of carbonyl (C=O) groups is 1. The van der Waals surface area contributed by atoms with E-state index in [1.54, 1.807) is 12.1 Å². The highest BCUT2D eigenvalue weighted by Crippen LogP contribution is 2.28. The maximum atomic E-state index is 13.4. The van der Waals surface area contributed by atoms with Crippen LogP contribution in [-0.2, 0) is 6.42 Å². The van der Waals surface area contributed by atoms with Crippen molar-refractivity contribution in [1.29, 1.82) is 0 Å². The summed E-state index contributed by atoms with van der Waals surface area (Å²) in [4.78, 5) is 17.1. The summed E-state index contributed by atoms with van der Waals surface area (Å²) in [5.41, 5.74) is 1.48. The monoisotopic (exact) mass is 317 g/mol. The van der Waals surface area contributed by atoms with Gasteiger partial charge in [0.2, 0.25) is 0 Å². The number of benzene rings is 1. The van der Waals surface area contributed by atoms with Gasteiger partial charge in [0, 0.05) is 19.0 Å². The van der Waals surface area contributed by atoms with Gasteiger partial charge in [0.15, 0.2) is 0 Å². The summed E-state index contributed by atoms with van der Waals surface area (Å²) in [5, 5.41) is 3.70. The van der Waals surface area contributed by atoms with E-state index in [0.717, 1.165) is 22.8 Å². The average molecular weight is 317 g/mol. The third kappa shape index (κ3) is 2.50. The zero-order valence-electron chi connectivity index (χ0n) is 12.4. The smallest absolute Gasteiger partial charge is 0.261 e. The van der Waals surface area contributed by atoms with Gasteiger partial charge in [-0.15, -0.1) is 11.3 Å². The lowest BCUT2D eigenvalue weighted by molar-refractivity contribution is 0.0960. The number of hydrogen-bond acceptors (Lipinski definition) is 3. The molecule has 3 aromatic rings. The molecule has 22 heavy (non-hydrogen) atoms. The Morgan fingerprint density at radius 2 is 2.14 bits per heavy atom. The Balaban J connectivity index is 2.11. The van der Waals surface area contributed by atoms with Crippen LogP contribution in [0.5, 0.6) is 0 Å². The second kappa shape index (κ2) is 5.88. The number of nitrogens with one attached hydrogen (secondary N) is 1. The van der Waals surface area contributed by atoms with Crippen LogP contribution in [0.3, 0.4) is 0 Å². The molecule has 0 aliphatic rings. The minimum absolute atomic E-state index is 0.0766. The van der Waals surface area contributed by atoms with Crippen LogP contribution in [0.2, 0.25) is 0 Å². The maximum absolute atomic E-state index is 13.4. The van der Waals surface area contributed by atoms with E-state index in [0.29, 0.717) is 16.9 Å². The van der Waals surface area contributed by atoms with Gasteiger partial charge in [0.05, 0.1) is 15.9 Å². The number of imidazole rings is 1. The molecule has 1 aromatic carbocycles. The fraction of sp³-hybridized carbons (Fsp3) is 0.250. The van der Waals surface area contributed by atoms with Gasteiger partial charge in [-0.25, -0.2) is 9.37 Å². The summed E-state index contributed by atoms with van der Waals surface area (Å²) in [6.07, 6.45) is 0.727. The van der Waals surface area contributed by atoms with Crippen molar-refractivity contribution in [2.75, 3.05) is 6.54 Å². The molecule has 0 saturated heterocycles. The molecule has 0 aliphatic carbocycles. The van der Waals surface area contributed by atoms with Crippen molar-refractivity contribution in [3.63, 3.8) is 0 Å². The minimum Gasteiger partial charge on any atom is -0.352 e. The Bertz CT molecular complexity index is 837. The van der Waals surface area contributed by atoms with E-state index in [1.165, 1.54) is 23.5 Å². The molecule has 0 saturated carbocycles. The third-order valence-corrected chi connectivity index (χ3v) is 4.44. The second-order valence-corrected chi connectivity index (χ2v) is 5.91. The molecule has 114 valence electrons. The minimum atomic E-state index is -0.297. The molecule has 0 fully saturated rings.